The number of hydrogen-bond donors (Lipinski definition) is 0. The lowest BCUT2D eigenvalue weighted by atomic mass is 9.35. The van der Waals surface area contributed by atoms with Crippen LogP contribution in [0, 0.1) is 6.92 Å². The van der Waals surface area contributed by atoms with Crippen molar-refractivity contribution in [3.8, 4) is 11.1 Å². The fraction of sp³-hybridized carbons (Fsp3) is 0.367. The number of benzene rings is 6. The molecule has 0 spiro atoms. The molecule has 6 aromatic carbocycles. The topological polar surface area (TPSA) is 19.6 Å². The third-order valence-electron chi connectivity index (χ3n) is 16.0. The van der Waals surface area contributed by atoms with Crippen molar-refractivity contribution in [2.75, 3.05) is 9.80 Å². The minimum Gasteiger partial charge on any atom is -0.468 e. The maximum atomic E-state index is 7.67. The maximum absolute atomic E-state index is 7.67. The first-order chi connectivity index (χ1) is 30.8. The van der Waals surface area contributed by atoms with Gasteiger partial charge in [0.15, 0.2) is 0 Å². The van der Waals surface area contributed by atoms with E-state index in [-0.39, 0.29) is 28.4 Å². The van der Waals surface area contributed by atoms with Crippen LogP contribution in [-0.4, -0.2) is 16.2 Å². The molecule has 10 rings (SSSR count). The van der Waals surface area contributed by atoms with Crippen molar-refractivity contribution < 1.29 is 4.42 Å². The van der Waals surface area contributed by atoms with E-state index in [2.05, 4.69) is 216 Å². The van der Waals surface area contributed by atoms with Gasteiger partial charge in [0.25, 0.3) is 6.71 Å². The molecule has 0 fully saturated rings. The summed E-state index contributed by atoms with van der Waals surface area (Å²) in [5.41, 5.74) is 23.3. The molecule has 0 radical (unpaired) electrons. The van der Waals surface area contributed by atoms with E-state index in [0.29, 0.717) is 5.92 Å². The summed E-state index contributed by atoms with van der Waals surface area (Å²) in [6.45, 7) is 33.3. The lowest BCUT2D eigenvalue weighted by molar-refractivity contribution is 0.332. The van der Waals surface area contributed by atoms with Crippen molar-refractivity contribution in [2.45, 2.75) is 143 Å². The van der Waals surface area contributed by atoms with Gasteiger partial charge in [0.2, 0.25) is 0 Å². The van der Waals surface area contributed by atoms with Crippen LogP contribution < -0.4 is 31.6 Å². The van der Waals surface area contributed by atoms with Gasteiger partial charge in [-0.15, -0.1) is 0 Å². The Balaban J connectivity index is 1.36. The molecule has 3 aliphatic rings. The van der Waals surface area contributed by atoms with Crippen molar-refractivity contribution >= 4 is 83.1 Å². The summed E-state index contributed by atoms with van der Waals surface area (Å²) in [5, 5.41) is 2.70. The molecule has 1 aromatic heterocycles. The quantitative estimate of drug-likeness (QED) is 0.149. The first kappa shape index (κ1) is 43.6. The second-order valence-corrected chi connectivity index (χ2v) is 24.4. The molecule has 0 atom stereocenters. The van der Waals surface area contributed by atoms with E-state index in [1.54, 1.807) is 0 Å². The summed E-state index contributed by atoms with van der Waals surface area (Å²) in [6.07, 6.45) is 3.37. The van der Waals surface area contributed by atoms with Crippen molar-refractivity contribution in [2.24, 2.45) is 0 Å². The predicted octanol–water partition coefficient (Wildman–Crippen LogP) is 13.8. The van der Waals surface area contributed by atoms with E-state index >= 15 is 0 Å². The zero-order chi connectivity index (χ0) is 46.1. The highest BCUT2D eigenvalue weighted by Crippen LogP contribution is 2.52. The van der Waals surface area contributed by atoms with Gasteiger partial charge in [0, 0.05) is 33.8 Å². The Morgan fingerprint density at radius 1 is 0.723 bits per heavy atom. The molecule has 65 heavy (non-hydrogen) atoms. The number of furan rings is 1. The summed E-state index contributed by atoms with van der Waals surface area (Å²) in [4.78, 5) is 5.27. The molecule has 2 aliphatic heterocycles. The van der Waals surface area contributed by atoms with Gasteiger partial charge in [0.1, 0.15) is 5.58 Å². The molecular weight excluding hydrogens is 804 g/mol. The molecule has 7 aromatic rings. The Bertz CT molecular complexity index is 3020. The van der Waals surface area contributed by atoms with Crippen LogP contribution in [0.4, 0.5) is 34.1 Å². The summed E-state index contributed by atoms with van der Waals surface area (Å²) in [6, 6.07) is 42.7. The van der Waals surface area contributed by atoms with Crippen LogP contribution in [0.5, 0.6) is 0 Å². The molecule has 3 heterocycles. The SMILES string of the molecule is CCC(C)(C)c1cc2c(cc1C(C)C)N(c1ccc(C(C)(C)C)cc1)c1cc(C)cc3c1B2c1oc2cc4c(cc2c1N3c1cccc(-c2ccccc2)c1[SiH2]C)C(C)(C)CCC4(C)C. The Kier molecular flexibility index (Phi) is 10.2. The van der Waals surface area contributed by atoms with Gasteiger partial charge in [-0.05, 0) is 163 Å². The van der Waals surface area contributed by atoms with Gasteiger partial charge in [-0.3, -0.25) is 0 Å². The van der Waals surface area contributed by atoms with Gasteiger partial charge < -0.3 is 14.2 Å². The molecule has 0 N–H and O–H groups in total. The van der Waals surface area contributed by atoms with Gasteiger partial charge in [-0.2, -0.15) is 0 Å². The summed E-state index contributed by atoms with van der Waals surface area (Å²) >= 11 is 0. The summed E-state index contributed by atoms with van der Waals surface area (Å²) in [7, 11) is -0.695. The molecule has 0 amide bonds. The van der Waals surface area contributed by atoms with Crippen LogP contribution in [0.25, 0.3) is 22.1 Å². The molecule has 0 unspecified atom stereocenters. The molecule has 1 aliphatic carbocycles. The zero-order valence-corrected chi connectivity index (χ0v) is 43.1. The van der Waals surface area contributed by atoms with Gasteiger partial charge in [0.05, 0.1) is 20.9 Å². The lowest BCUT2D eigenvalue weighted by Gasteiger charge is -2.44. The lowest BCUT2D eigenvalue weighted by Crippen LogP contribution is -2.61. The monoisotopic (exact) mass is 873 g/mol. The normalized spacial score (nSPS) is 16.3. The van der Waals surface area contributed by atoms with E-state index in [1.165, 1.54) is 100 Å². The molecule has 0 bridgehead atoms. The van der Waals surface area contributed by atoms with E-state index in [4.69, 9.17) is 4.42 Å². The minimum absolute atomic E-state index is 0.0175. The number of aryl methyl sites for hydroxylation is 1. The second kappa shape index (κ2) is 15.1. The standard InChI is InChI=1S/C60H69BN2OSi/c1-15-58(8,9)44-34-47-49(33-42(44)36(2)3)62(40-26-24-39(25-27-40)57(5,6)7)50-30-37(4)31-51-53(50)61(47)56-54(43-32-45-46(35-52(43)64-56)60(12,13)29-28-59(45,10)11)63(51)48-23-19-22-41(55(48)65-14)38-20-17-16-18-21-38/h16-27,30-36H,15,28-29,65H2,1-14H3. The fourth-order valence-corrected chi connectivity index (χ4v) is 13.0. The number of fused-ring (bicyclic) bond motifs is 7. The van der Waals surface area contributed by atoms with Crippen molar-refractivity contribution in [3.05, 3.63) is 143 Å². The third-order valence-corrected chi connectivity index (χ3v) is 17.5. The molecule has 0 saturated carbocycles. The highest BCUT2D eigenvalue weighted by molar-refractivity contribution is 7.00. The molecule has 332 valence electrons. The number of nitrogens with zero attached hydrogens (tertiary/aromatic N) is 2. The Labute approximate surface area is 392 Å². The summed E-state index contributed by atoms with van der Waals surface area (Å²) in [5.74, 6) is 0.357. The average Bonchev–Trinajstić information content (AvgIpc) is 3.65. The van der Waals surface area contributed by atoms with Gasteiger partial charge in [-0.1, -0.05) is 150 Å². The van der Waals surface area contributed by atoms with Crippen LogP contribution in [0.2, 0.25) is 6.55 Å². The molecule has 0 saturated heterocycles. The van der Waals surface area contributed by atoms with Crippen molar-refractivity contribution in [1.29, 1.82) is 0 Å². The Morgan fingerprint density at radius 2 is 1.37 bits per heavy atom. The smallest absolute Gasteiger partial charge is 0.297 e. The van der Waals surface area contributed by atoms with E-state index in [9.17, 15) is 0 Å². The summed E-state index contributed by atoms with van der Waals surface area (Å²) < 4.78 is 7.67. The Hall–Kier alpha value is -5.26. The zero-order valence-electron chi connectivity index (χ0n) is 41.7. The first-order valence-corrected chi connectivity index (χ1v) is 26.7. The van der Waals surface area contributed by atoms with E-state index in [0.717, 1.165) is 30.5 Å². The van der Waals surface area contributed by atoms with E-state index in [1.807, 2.05) is 0 Å². The molecule has 3 nitrogen and oxygen atoms in total. The number of rotatable bonds is 7. The fourth-order valence-electron chi connectivity index (χ4n) is 11.7. The highest BCUT2D eigenvalue weighted by Gasteiger charge is 2.49. The van der Waals surface area contributed by atoms with Crippen molar-refractivity contribution in [1.82, 2.24) is 0 Å². The predicted molar refractivity (Wildman–Crippen MR) is 286 cm³/mol. The molecular formula is C60H69BN2OSi. The van der Waals surface area contributed by atoms with E-state index < -0.39 is 9.52 Å². The van der Waals surface area contributed by atoms with Gasteiger partial charge in [-0.25, -0.2) is 0 Å². The second-order valence-electron chi connectivity index (χ2n) is 23.0. The van der Waals surface area contributed by atoms with Crippen molar-refractivity contribution in [3.63, 3.8) is 0 Å². The average molecular weight is 873 g/mol. The minimum atomic E-state index is -0.695. The van der Waals surface area contributed by atoms with Crippen LogP contribution in [-0.2, 0) is 21.7 Å². The van der Waals surface area contributed by atoms with Gasteiger partial charge >= 0.3 is 0 Å². The first-order valence-electron chi connectivity index (χ1n) is 24.6. The van der Waals surface area contributed by atoms with Crippen LogP contribution in [0.3, 0.4) is 0 Å². The highest BCUT2D eigenvalue weighted by atomic mass is 28.2. The van der Waals surface area contributed by atoms with Crippen LogP contribution >= 0.6 is 0 Å². The number of anilines is 6. The third kappa shape index (κ3) is 6.80. The maximum Gasteiger partial charge on any atom is 0.297 e. The van der Waals surface area contributed by atoms with Crippen LogP contribution in [0.15, 0.2) is 114 Å². The van der Waals surface area contributed by atoms with Crippen LogP contribution in [0.1, 0.15) is 142 Å². The largest absolute Gasteiger partial charge is 0.468 e. The number of hydrogen-bond acceptors (Lipinski definition) is 3. The molecule has 5 heteroatoms. The Morgan fingerprint density at radius 3 is 1.98 bits per heavy atom.